The molecule has 2 aromatic carbocycles. The maximum absolute atomic E-state index is 6.02. The van der Waals surface area contributed by atoms with Crippen molar-refractivity contribution >= 4 is 17.3 Å². The van der Waals surface area contributed by atoms with Gasteiger partial charge in [-0.25, -0.2) is 0 Å². The van der Waals surface area contributed by atoms with E-state index in [1.807, 2.05) is 36.4 Å². The van der Waals surface area contributed by atoms with Crippen molar-refractivity contribution in [3.8, 4) is 17.2 Å². The first kappa shape index (κ1) is 11.7. The van der Waals surface area contributed by atoms with E-state index in [-0.39, 0.29) is 12.8 Å². The number of benzene rings is 2. The Kier molecular flexibility index (Phi) is 2.63. The van der Waals surface area contributed by atoms with Crippen molar-refractivity contribution in [3.63, 3.8) is 0 Å². The molecule has 2 aliphatic rings. The van der Waals surface area contributed by atoms with Crippen LogP contribution in [0.2, 0.25) is 5.02 Å². The fraction of sp³-hybridized carbons (Fsp3) is 0.200. The lowest BCUT2D eigenvalue weighted by Crippen LogP contribution is -2.23. The van der Waals surface area contributed by atoms with Crippen LogP contribution in [-0.2, 0) is 0 Å². The molecule has 2 aromatic rings. The Bertz CT molecular complexity index is 674. The van der Waals surface area contributed by atoms with Gasteiger partial charge in [0, 0.05) is 5.02 Å². The highest BCUT2D eigenvalue weighted by Crippen LogP contribution is 2.39. The molecule has 0 fully saturated rings. The molecule has 2 heterocycles. The van der Waals surface area contributed by atoms with Gasteiger partial charge in [0.2, 0.25) is 6.79 Å². The molecule has 102 valence electrons. The minimum atomic E-state index is 0.0652. The van der Waals surface area contributed by atoms with E-state index in [0.29, 0.717) is 11.6 Å². The lowest BCUT2D eigenvalue weighted by atomic mass is 10.0. The van der Waals surface area contributed by atoms with E-state index < -0.39 is 0 Å². The van der Waals surface area contributed by atoms with E-state index in [1.54, 1.807) is 0 Å². The topological polar surface area (TPSA) is 39.7 Å². The Morgan fingerprint density at radius 3 is 2.75 bits per heavy atom. The summed E-state index contributed by atoms with van der Waals surface area (Å²) in [6, 6.07) is 11.6. The third-order valence-corrected chi connectivity index (χ3v) is 3.71. The fourth-order valence-corrected chi connectivity index (χ4v) is 2.62. The molecule has 0 aromatic heterocycles. The molecular formula is C15H12ClNO3. The van der Waals surface area contributed by atoms with E-state index in [0.717, 1.165) is 28.5 Å². The Morgan fingerprint density at radius 2 is 1.80 bits per heavy atom. The second-order valence-corrected chi connectivity index (χ2v) is 5.20. The second kappa shape index (κ2) is 4.49. The summed E-state index contributed by atoms with van der Waals surface area (Å²) in [5.41, 5.74) is 2.01. The second-order valence-electron chi connectivity index (χ2n) is 4.76. The molecule has 4 nitrogen and oxygen atoms in total. The Hall–Kier alpha value is -2.07. The molecule has 0 saturated heterocycles. The highest BCUT2D eigenvalue weighted by molar-refractivity contribution is 6.30. The zero-order valence-electron chi connectivity index (χ0n) is 10.6. The Labute approximate surface area is 121 Å². The van der Waals surface area contributed by atoms with Gasteiger partial charge in [0.05, 0.1) is 11.7 Å². The van der Waals surface area contributed by atoms with Crippen molar-refractivity contribution in [1.29, 1.82) is 0 Å². The van der Waals surface area contributed by atoms with Crippen LogP contribution in [0.15, 0.2) is 36.4 Å². The number of hydrogen-bond acceptors (Lipinski definition) is 4. The van der Waals surface area contributed by atoms with Gasteiger partial charge in [-0.2, -0.15) is 0 Å². The van der Waals surface area contributed by atoms with Crippen molar-refractivity contribution in [1.82, 2.24) is 0 Å². The fourth-order valence-electron chi connectivity index (χ4n) is 2.45. The number of ether oxygens (including phenoxy) is 3. The van der Waals surface area contributed by atoms with Crippen molar-refractivity contribution < 1.29 is 14.2 Å². The summed E-state index contributed by atoms with van der Waals surface area (Å²) in [4.78, 5) is 0. The van der Waals surface area contributed by atoms with Crippen LogP contribution >= 0.6 is 11.6 Å². The number of rotatable bonds is 1. The van der Waals surface area contributed by atoms with Gasteiger partial charge in [-0.15, -0.1) is 0 Å². The van der Waals surface area contributed by atoms with Crippen LogP contribution in [0.1, 0.15) is 11.6 Å². The first-order chi connectivity index (χ1) is 9.79. The summed E-state index contributed by atoms with van der Waals surface area (Å²) in [6.07, 6.45) is 0. The molecule has 0 bridgehead atoms. The normalized spacial score (nSPS) is 18.9. The molecule has 1 unspecified atom stereocenters. The zero-order valence-corrected chi connectivity index (χ0v) is 11.3. The lowest BCUT2D eigenvalue weighted by molar-refractivity contribution is 0.174. The van der Waals surface area contributed by atoms with Crippen LogP contribution in [0.4, 0.5) is 5.69 Å². The number of halogens is 1. The number of nitrogens with one attached hydrogen (secondary N) is 1. The first-order valence-electron chi connectivity index (χ1n) is 6.38. The van der Waals surface area contributed by atoms with E-state index in [9.17, 15) is 0 Å². The van der Waals surface area contributed by atoms with Gasteiger partial charge in [0.1, 0.15) is 12.4 Å². The number of hydrogen-bond donors (Lipinski definition) is 1. The van der Waals surface area contributed by atoms with E-state index in [4.69, 9.17) is 25.8 Å². The molecule has 2 aliphatic heterocycles. The van der Waals surface area contributed by atoms with Crippen LogP contribution in [-0.4, -0.2) is 13.4 Å². The Balaban J connectivity index is 1.64. The summed E-state index contributed by atoms with van der Waals surface area (Å²) in [6.45, 7) is 0.847. The summed E-state index contributed by atoms with van der Waals surface area (Å²) < 4.78 is 16.5. The van der Waals surface area contributed by atoms with Gasteiger partial charge >= 0.3 is 0 Å². The van der Waals surface area contributed by atoms with Crippen molar-refractivity contribution in [2.45, 2.75) is 6.04 Å². The average Bonchev–Trinajstić information content (AvgIpc) is 2.93. The largest absolute Gasteiger partial charge is 0.489 e. The van der Waals surface area contributed by atoms with Gasteiger partial charge in [0.25, 0.3) is 0 Å². The highest BCUT2D eigenvalue weighted by atomic mass is 35.5. The zero-order chi connectivity index (χ0) is 13.5. The van der Waals surface area contributed by atoms with Crippen LogP contribution < -0.4 is 19.5 Å². The molecular weight excluding hydrogens is 278 g/mol. The van der Waals surface area contributed by atoms with Crippen molar-refractivity contribution in [2.75, 3.05) is 18.7 Å². The van der Waals surface area contributed by atoms with E-state index in [1.165, 1.54) is 0 Å². The predicted molar refractivity (Wildman–Crippen MR) is 75.9 cm³/mol. The quantitative estimate of drug-likeness (QED) is 0.870. The van der Waals surface area contributed by atoms with Crippen LogP contribution in [0, 0.1) is 0 Å². The van der Waals surface area contributed by atoms with Gasteiger partial charge in [0.15, 0.2) is 11.5 Å². The van der Waals surface area contributed by atoms with Crippen LogP contribution in [0.3, 0.4) is 0 Å². The molecule has 5 heteroatoms. The van der Waals surface area contributed by atoms with Gasteiger partial charge in [-0.1, -0.05) is 17.7 Å². The molecule has 1 atom stereocenters. The van der Waals surface area contributed by atoms with E-state index in [2.05, 4.69) is 5.32 Å². The van der Waals surface area contributed by atoms with Gasteiger partial charge in [-0.3, -0.25) is 0 Å². The van der Waals surface area contributed by atoms with Crippen molar-refractivity contribution in [3.05, 3.63) is 47.0 Å². The summed E-state index contributed by atoms with van der Waals surface area (Å²) >= 11 is 6.02. The van der Waals surface area contributed by atoms with Crippen molar-refractivity contribution in [2.24, 2.45) is 0 Å². The maximum atomic E-state index is 6.02. The predicted octanol–water partition coefficient (Wildman–Crippen LogP) is 3.61. The minimum absolute atomic E-state index is 0.0652. The molecule has 0 radical (unpaired) electrons. The average molecular weight is 290 g/mol. The minimum Gasteiger partial charge on any atom is -0.489 e. The van der Waals surface area contributed by atoms with Crippen LogP contribution in [0.5, 0.6) is 17.2 Å². The molecule has 1 N–H and O–H groups in total. The molecule has 0 amide bonds. The third kappa shape index (κ3) is 1.93. The molecule has 0 aliphatic carbocycles. The molecule has 4 rings (SSSR count). The molecule has 0 spiro atoms. The van der Waals surface area contributed by atoms with Gasteiger partial charge < -0.3 is 19.5 Å². The smallest absolute Gasteiger partial charge is 0.231 e. The monoisotopic (exact) mass is 289 g/mol. The number of fused-ring (bicyclic) bond motifs is 2. The lowest BCUT2D eigenvalue weighted by Gasteiger charge is -2.28. The summed E-state index contributed by atoms with van der Waals surface area (Å²) in [7, 11) is 0. The van der Waals surface area contributed by atoms with Crippen LogP contribution in [0.25, 0.3) is 0 Å². The molecule has 20 heavy (non-hydrogen) atoms. The van der Waals surface area contributed by atoms with E-state index >= 15 is 0 Å². The maximum Gasteiger partial charge on any atom is 0.231 e. The Morgan fingerprint density at radius 1 is 0.950 bits per heavy atom. The summed E-state index contributed by atoms with van der Waals surface area (Å²) in [5.74, 6) is 2.39. The highest BCUT2D eigenvalue weighted by Gasteiger charge is 2.23. The first-order valence-corrected chi connectivity index (χ1v) is 6.76. The number of anilines is 1. The third-order valence-electron chi connectivity index (χ3n) is 3.48. The van der Waals surface area contributed by atoms with Gasteiger partial charge in [-0.05, 0) is 35.9 Å². The summed E-state index contributed by atoms with van der Waals surface area (Å²) in [5, 5.41) is 4.13. The SMILES string of the molecule is Clc1ccc2c(c1)NC(c1ccc3c(c1)OCO3)CO2. The standard InChI is InChI=1S/C15H12ClNO3/c16-10-2-4-13-11(6-10)17-12(7-18-13)9-1-3-14-15(5-9)20-8-19-14/h1-6,12,17H,7-8H2. The molecule has 0 saturated carbocycles.